The molecule has 0 saturated heterocycles. The number of nitrogens with one attached hydrogen (secondary N) is 1. The molecule has 2 aromatic rings. The van der Waals surface area contributed by atoms with Crippen molar-refractivity contribution < 1.29 is 13.6 Å². The quantitative estimate of drug-likeness (QED) is 0.836. The van der Waals surface area contributed by atoms with Gasteiger partial charge in [-0.1, -0.05) is 18.2 Å². The van der Waals surface area contributed by atoms with Gasteiger partial charge in [-0.25, -0.2) is 8.78 Å². The van der Waals surface area contributed by atoms with E-state index in [9.17, 15) is 13.6 Å². The maximum absolute atomic E-state index is 13.4. The summed E-state index contributed by atoms with van der Waals surface area (Å²) in [6, 6.07) is 10.1. The lowest BCUT2D eigenvalue weighted by atomic mass is 10.1. The van der Waals surface area contributed by atoms with Crippen molar-refractivity contribution in [1.29, 1.82) is 0 Å². The normalized spacial score (nSPS) is 10.2. The Kier molecular flexibility index (Phi) is 3.75. The molecule has 5 heteroatoms. The lowest BCUT2D eigenvalue weighted by molar-refractivity contribution is -0.115. The highest BCUT2D eigenvalue weighted by atomic mass is 19.1. The van der Waals surface area contributed by atoms with Crippen LogP contribution in [0, 0.1) is 11.6 Å². The fraction of sp³-hybridized carbons (Fsp3) is 0.0714. The predicted octanol–water partition coefficient (Wildman–Crippen LogP) is 2.73. The summed E-state index contributed by atoms with van der Waals surface area (Å²) in [7, 11) is 0. The lowest BCUT2D eigenvalue weighted by Crippen LogP contribution is -2.17. The Hall–Kier alpha value is -2.43. The zero-order valence-corrected chi connectivity index (χ0v) is 9.99. The maximum Gasteiger partial charge on any atom is 0.229 e. The molecule has 1 amide bonds. The number of nitrogens with two attached hydrogens (primary N) is 1. The van der Waals surface area contributed by atoms with Crippen LogP contribution in [0.25, 0.3) is 0 Å². The summed E-state index contributed by atoms with van der Waals surface area (Å²) in [6.07, 6.45) is -0.382. The summed E-state index contributed by atoms with van der Waals surface area (Å²) < 4.78 is 26.8. The predicted molar refractivity (Wildman–Crippen MR) is 69.5 cm³/mol. The number of benzene rings is 2. The molecule has 0 saturated carbocycles. The van der Waals surface area contributed by atoms with Crippen LogP contribution in [0.5, 0.6) is 0 Å². The van der Waals surface area contributed by atoms with Crippen molar-refractivity contribution in [3.8, 4) is 0 Å². The van der Waals surface area contributed by atoms with Crippen LogP contribution in [0.15, 0.2) is 42.5 Å². The first-order valence-electron chi connectivity index (χ1n) is 5.65. The van der Waals surface area contributed by atoms with Gasteiger partial charge >= 0.3 is 0 Å². The second-order valence-corrected chi connectivity index (χ2v) is 4.01. The first kappa shape index (κ1) is 13.0. The van der Waals surface area contributed by atoms with E-state index in [0.29, 0.717) is 11.4 Å². The van der Waals surface area contributed by atoms with Crippen molar-refractivity contribution >= 4 is 17.3 Å². The number of hydrogen-bond donors (Lipinski definition) is 2. The third-order valence-corrected chi connectivity index (χ3v) is 2.63. The molecule has 0 aliphatic heterocycles. The van der Waals surface area contributed by atoms with E-state index in [-0.39, 0.29) is 12.0 Å². The second kappa shape index (κ2) is 5.48. The van der Waals surface area contributed by atoms with Gasteiger partial charge < -0.3 is 11.1 Å². The summed E-state index contributed by atoms with van der Waals surface area (Å²) in [6.45, 7) is 0. The van der Waals surface area contributed by atoms with Crippen LogP contribution in [-0.4, -0.2) is 5.91 Å². The third kappa shape index (κ3) is 3.07. The van der Waals surface area contributed by atoms with Gasteiger partial charge in [0.15, 0.2) is 0 Å². The Morgan fingerprint density at radius 3 is 2.32 bits per heavy atom. The number of amides is 1. The van der Waals surface area contributed by atoms with E-state index in [4.69, 9.17) is 5.73 Å². The molecular formula is C14H12F2N2O. The van der Waals surface area contributed by atoms with E-state index in [2.05, 4.69) is 5.32 Å². The second-order valence-electron chi connectivity index (χ2n) is 4.01. The Morgan fingerprint density at radius 2 is 1.68 bits per heavy atom. The van der Waals surface area contributed by atoms with Crippen molar-refractivity contribution in [2.24, 2.45) is 0 Å². The van der Waals surface area contributed by atoms with Crippen LogP contribution >= 0.6 is 0 Å². The highest BCUT2D eigenvalue weighted by molar-refractivity contribution is 5.95. The molecule has 0 aliphatic rings. The number of para-hydroxylation sites is 2. The molecule has 98 valence electrons. The molecular weight excluding hydrogens is 250 g/mol. The molecule has 0 fully saturated rings. The van der Waals surface area contributed by atoms with Gasteiger partial charge in [0.25, 0.3) is 0 Å². The van der Waals surface area contributed by atoms with Gasteiger partial charge in [0.1, 0.15) is 11.6 Å². The fourth-order valence-corrected chi connectivity index (χ4v) is 1.67. The molecule has 19 heavy (non-hydrogen) atoms. The topological polar surface area (TPSA) is 55.1 Å². The fourth-order valence-electron chi connectivity index (χ4n) is 1.67. The van der Waals surface area contributed by atoms with Crippen molar-refractivity contribution in [2.45, 2.75) is 6.42 Å². The van der Waals surface area contributed by atoms with E-state index in [1.54, 1.807) is 24.3 Å². The molecule has 0 radical (unpaired) electrons. The number of carbonyl (C=O) groups excluding carboxylic acids is 1. The Labute approximate surface area is 109 Å². The zero-order valence-electron chi connectivity index (χ0n) is 9.99. The van der Waals surface area contributed by atoms with Gasteiger partial charge in [0.2, 0.25) is 5.91 Å². The van der Waals surface area contributed by atoms with Crippen molar-refractivity contribution in [2.75, 3.05) is 11.1 Å². The summed E-state index contributed by atoms with van der Waals surface area (Å²) in [4.78, 5) is 11.7. The molecule has 0 spiro atoms. The smallest absolute Gasteiger partial charge is 0.229 e. The Balaban J connectivity index is 2.12. The lowest BCUT2D eigenvalue weighted by Gasteiger charge is -2.08. The van der Waals surface area contributed by atoms with Crippen LogP contribution < -0.4 is 11.1 Å². The molecule has 3 nitrogen and oxygen atoms in total. The van der Waals surface area contributed by atoms with Crippen LogP contribution in [0.3, 0.4) is 0 Å². The first-order valence-corrected chi connectivity index (χ1v) is 5.65. The van der Waals surface area contributed by atoms with Gasteiger partial charge in [-0.15, -0.1) is 0 Å². The number of carbonyl (C=O) groups is 1. The van der Waals surface area contributed by atoms with Crippen LogP contribution in [0.1, 0.15) is 5.56 Å². The minimum absolute atomic E-state index is 0.255. The Bertz CT molecular complexity index is 594. The summed E-state index contributed by atoms with van der Waals surface area (Å²) in [5.74, 6) is -2.01. The number of hydrogen-bond acceptors (Lipinski definition) is 2. The minimum Gasteiger partial charge on any atom is -0.397 e. The highest BCUT2D eigenvalue weighted by Crippen LogP contribution is 2.18. The molecule has 0 aromatic heterocycles. The van der Waals surface area contributed by atoms with Crippen molar-refractivity contribution in [3.05, 3.63) is 59.7 Å². The van der Waals surface area contributed by atoms with Gasteiger partial charge in [0, 0.05) is 5.56 Å². The molecule has 0 atom stereocenters. The van der Waals surface area contributed by atoms with E-state index in [1.165, 1.54) is 6.07 Å². The number of anilines is 2. The molecule has 0 bridgehead atoms. The SMILES string of the molecule is Nc1ccccc1NC(=O)Cc1c(F)cccc1F. The van der Waals surface area contributed by atoms with E-state index in [0.717, 1.165) is 12.1 Å². The Morgan fingerprint density at radius 1 is 1.05 bits per heavy atom. The third-order valence-electron chi connectivity index (χ3n) is 2.63. The maximum atomic E-state index is 13.4. The zero-order chi connectivity index (χ0) is 13.8. The first-order chi connectivity index (χ1) is 9.08. The largest absolute Gasteiger partial charge is 0.397 e. The molecule has 2 aromatic carbocycles. The van der Waals surface area contributed by atoms with Crippen LogP contribution in [-0.2, 0) is 11.2 Å². The average Bonchev–Trinajstić information content (AvgIpc) is 2.37. The van der Waals surface area contributed by atoms with E-state index in [1.807, 2.05) is 0 Å². The molecule has 0 unspecified atom stereocenters. The average molecular weight is 262 g/mol. The van der Waals surface area contributed by atoms with E-state index < -0.39 is 17.5 Å². The number of nitrogen functional groups attached to an aromatic ring is 1. The molecule has 2 rings (SSSR count). The van der Waals surface area contributed by atoms with Gasteiger partial charge in [-0.05, 0) is 24.3 Å². The van der Waals surface area contributed by atoms with Gasteiger partial charge in [0.05, 0.1) is 17.8 Å². The molecule has 0 heterocycles. The summed E-state index contributed by atoms with van der Waals surface area (Å²) in [5.41, 5.74) is 6.22. The van der Waals surface area contributed by atoms with Crippen molar-refractivity contribution in [3.63, 3.8) is 0 Å². The highest BCUT2D eigenvalue weighted by Gasteiger charge is 2.13. The van der Waals surface area contributed by atoms with Crippen LogP contribution in [0.2, 0.25) is 0 Å². The number of halogens is 2. The monoisotopic (exact) mass is 262 g/mol. The summed E-state index contributed by atoms with van der Waals surface area (Å²) >= 11 is 0. The standard InChI is InChI=1S/C14H12F2N2O/c15-10-4-3-5-11(16)9(10)8-14(19)18-13-7-2-1-6-12(13)17/h1-7H,8,17H2,(H,18,19). The molecule has 3 N–H and O–H groups in total. The minimum atomic E-state index is -0.740. The molecule has 0 aliphatic carbocycles. The number of rotatable bonds is 3. The van der Waals surface area contributed by atoms with Crippen molar-refractivity contribution in [1.82, 2.24) is 0 Å². The van der Waals surface area contributed by atoms with Gasteiger partial charge in [-0.3, -0.25) is 4.79 Å². The van der Waals surface area contributed by atoms with Gasteiger partial charge in [-0.2, -0.15) is 0 Å². The van der Waals surface area contributed by atoms with E-state index >= 15 is 0 Å². The summed E-state index contributed by atoms with van der Waals surface area (Å²) in [5, 5.41) is 2.52. The van der Waals surface area contributed by atoms with Crippen LogP contribution in [0.4, 0.5) is 20.2 Å².